The quantitative estimate of drug-likeness (QED) is 0.0399. The van der Waals surface area contributed by atoms with E-state index in [4.69, 9.17) is 52.1 Å². The molecule has 88 heavy (non-hydrogen) atoms. The lowest BCUT2D eigenvalue weighted by Crippen LogP contribution is -2.72. The van der Waals surface area contributed by atoms with Crippen molar-refractivity contribution < 1.29 is 170 Å². The van der Waals surface area contributed by atoms with Gasteiger partial charge in [0.25, 0.3) is 5.79 Å². The van der Waals surface area contributed by atoms with Crippen LogP contribution in [0.1, 0.15) is 54.4 Å². The first-order valence-corrected chi connectivity index (χ1v) is 29.0. The van der Waals surface area contributed by atoms with Gasteiger partial charge in [0.15, 0.2) is 31.5 Å². The van der Waals surface area contributed by atoms with Gasteiger partial charge in [-0.1, -0.05) is 6.92 Å². The Balaban J connectivity index is 1.38. The average molecular weight is 1310 g/mol. The number of hydrogen-bond acceptors (Lipinski definition) is 33. The van der Waals surface area contributed by atoms with Crippen LogP contribution in [0.5, 0.6) is 0 Å². The highest BCUT2D eigenvalue weighted by Crippen LogP contribution is 2.41. The van der Waals surface area contributed by atoms with Gasteiger partial charge in [-0.3, -0.25) is 23.7 Å². The zero-order valence-corrected chi connectivity index (χ0v) is 48.7. The molecule has 0 aromatic carbocycles. The molecule has 4 amide bonds. The Morgan fingerprint density at radius 1 is 0.545 bits per heavy atom. The average Bonchev–Trinajstić information content (AvgIpc) is 1.02. The summed E-state index contributed by atoms with van der Waals surface area (Å²) in [5.74, 6) is -8.81. The Hall–Kier alpha value is -3.78. The van der Waals surface area contributed by atoms with Gasteiger partial charge in [0.1, 0.15) is 128 Å². The molecule has 1 unspecified atom stereocenters. The molecule has 0 saturated carbocycles. The van der Waals surface area contributed by atoms with Crippen LogP contribution in [-0.4, -0.2) is 335 Å². The molecule has 6 aliphatic heterocycles. The Kier molecular flexibility index (Phi) is 25.6. The summed E-state index contributed by atoms with van der Waals surface area (Å²) in [4.78, 5) is 63.7. The van der Waals surface area contributed by atoms with Crippen LogP contribution in [0.25, 0.3) is 0 Å². The first kappa shape index (κ1) is 73.3. The topological polar surface area (TPSA) is 602 Å². The number of aliphatic hydroxyl groups excluding tert-OH is 14. The van der Waals surface area contributed by atoms with Gasteiger partial charge in [0, 0.05) is 34.1 Å². The third-order valence-corrected chi connectivity index (χ3v) is 15.8. The maximum Gasteiger partial charge on any atom is 0.397 e. The number of carboxylic acid groups (broad SMARTS) is 1. The number of hydrogen-bond donors (Lipinski definition) is 20. The first-order valence-electron chi connectivity index (χ1n) is 27.6. The highest BCUT2D eigenvalue weighted by molar-refractivity contribution is 7.80. The molecule has 6 rings (SSSR count). The van der Waals surface area contributed by atoms with E-state index in [1.54, 1.807) is 0 Å². The predicted octanol–water partition coefficient (Wildman–Crippen LogP) is -12.0. The molecule has 6 fully saturated rings. The summed E-state index contributed by atoms with van der Waals surface area (Å²) in [5, 5.41) is 176. The number of rotatable bonds is 24. The Morgan fingerprint density at radius 2 is 1.01 bits per heavy atom. The number of aliphatic carboxylic acids is 1. The second-order valence-corrected chi connectivity index (χ2v) is 23.0. The van der Waals surface area contributed by atoms with E-state index < -0.39 is 262 Å². The number of aliphatic hydroxyl groups is 14. The van der Waals surface area contributed by atoms with Gasteiger partial charge >= 0.3 is 16.4 Å². The minimum atomic E-state index is -5.25. The minimum Gasteiger partial charge on any atom is -0.477 e. The van der Waals surface area contributed by atoms with E-state index >= 15 is 0 Å². The monoisotopic (exact) mass is 1300 g/mol. The van der Waals surface area contributed by atoms with Crippen molar-refractivity contribution in [1.82, 2.24) is 21.3 Å². The molecule has 0 aliphatic carbocycles. The Morgan fingerprint density at radius 3 is 1.55 bits per heavy atom. The zero-order valence-electron chi connectivity index (χ0n) is 47.9. The lowest BCUT2D eigenvalue weighted by atomic mass is 9.87. The summed E-state index contributed by atoms with van der Waals surface area (Å²) in [6.45, 7) is 1.78. The normalized spacial score (nSPS) is 44.0. The van der Waals surface area contributed by atoms with Crippen LogP contribution in [0.4, 0.5) is 0 Å². The molecule has 39 nitrogen and oxygen atoms in total. The molecule has 0 bridgehead atoms. The van der Waals surface area contributed by atoms with E-state index in [2.05, 4.69) is 25.5 Å². The Labute approximate surface area is 500 Å². The van der Waals surface area contributed by atoms with Gasteiger partial charge in [-0.05, 0) is 13.3 Å². The van der Waals surface area contributed by atoms with E-state index in [0.29, 0.717) is 0 Å². The smallest absolute Gasteiger partial charge is 0.397 e. The van der Waals surface area contributed by atoms with Crippen LogP contribution in [0.3, 0.4) is 0 Å². The molecule has 0 aromatic rings. The number of nitrogens with one attached hydrogen (secondary N) is 4. The van der Waals surface area contributed by atoms with Crippen molar-refractivity contribution in [3.8, 4) is 0 Å². The molecule has 0 aromatic heterocycles. The van der Waals surface area contributed by atoms with Gasteiger partial charge in [-0.15, -0.1) is 0 Å². The van der Waals surface area contributed by atoms with Crippen molar-refractivity contribution in [3.63, 3.8) is 0 Å². The Bertz CT molecular complexity index is 2460. The standard InChI is InChI=1S/C48H80N4O35S/c1-7-18(60)29(63)39-24(49-14(3)56)19(61)8-48(86-39,47(71)72)87-41-30(64)20(9-53)79-46(35(41)69)84-38-22(11-55)81-44(27(52-17(6)59)40(38)85-45-34(68)33(67)28(62)13(2)77-45)82-36-21(10-54)80-43(26(32(36)66)51-16(5)58)83-37-23(12-76-88(73,74)75)78-42(70)25(31(37)65)50-15(4)57/h13,18-46,53-55,60-70H,7-12H2,1-6H3,(H,49,56)(H,50,57)(H,51,58)(H,52,59)(H,71,72)(H,73,74,75)/t13-,18+,19-,20+,21+,22+,23+,24+,25+,26+,27+,28+,29+,30-,31+,32+,33+,34-,35+,36+,37+,38+,39+,40+,41-,42?,43-,44-,45-,46-,48-/m0/s1. The molecule has 6 aliphatic rings. The number of carbonyl (C=O) groups excluding carboxylic acids is 4. The third kappa shape index (κ3) is 16.9. The number of carbonyl (C=O) groups is 5. The van der Waals surface area contributed by atoms with Gasteiger partial charge < -0.3 is 150 Å². The third-order valence-electron chi connectivity index (χ3n) is 15.4. The van der Waals surface area contributed by atoms with Crippen LogP contribution in [0, 0.1) is 0 Å². The van der Waals surface area contributed by atoms with Gasteiger partial charge in [0.05, 0.1) is 50.8 Å². The fourth-order valence-corrected chi connectivity index (χ4v) is 11.4. The van der Waals surface area contributed by atoms with E-state index in [-0.39, 0.29) is 6.42 Å². The van der Waals surface area contributed by atoms with E-state index in [0.717, 1.165) is 27.7 Å². The van der Waals surface area contributed by atoms with Crippen LogP contribution >= 0.6 is 0 Å². The molecular weight excluding hydrogens is 1220 g/mol. The number of ether oxygens (including phenoxy) is 11. The highest BCUT2D eigenvalue weighted by atomic mass is 32.3. The van der Waals surface area contributed by atoms with Crippen LogP contribution in [-0.2, 0) is 90.7 Å². The van der Waals surface area contributed by atoms with Gasteiger partial charge in [-0.2, -0.15) is 8.42 Å². The molecule has 0 spiro atoms. The summed E-state index contributed by atoms with van der Waals surface area (Å²) >= 11 is 0. The van der Waals surface area contributed by atoms with Crippen molar-refractivity contribution in [2.24, 2.45) is 0 Å². The van der Waals surface area contributed by atoms with Crippen molar-refractivity contribution in [1.29, 1.82) is 0 Å². The summed E-state index contributed by atoms with van der Waals surface area (Å²) in [6, 6.07) is -7.24. The first-order chi connectivity index (χ1) is 41.1. The van der Waals surface area contributed by atoms with Crippen molar-refractivity contribution in [2.45, 2.75) is 244 Å². The molecule has 40 heteroatoms. The molecule has 6 saturated heterocycles. The molecule has 508 valence electrons. The van der Waals surface area contributed by atoms with Crippen LogP contribution < -0.4 is 21.3 Å². The fourth-order valence-electron chi connectivity index (χ4n) is 11.1. The summed E-state index contributed by atoms with van der Waals surface area (Å²) in [7, 11) is -5.25. The van der Waals surface area contributed by atoms with Crippen molar-refractivity contribution in [3.05, 3.63) is 0 Å². The maximum atomic E-state index is 13.3. The minimum absolute atomic E-state index is 0.173. The molecule has 20 N–H and O–H groups in total. The summed E-state index contributed by atoms with van der Waals surface area (Å²) < 4.78 is 102. The fraction of sp³-hybridized carbons (Fsp3) is 0.896. The lowest BCUT2D eigenvalue weighted by Gasteiger charge is -2.52. The number of carboxylic acids is 1. The van der Waals surface area contributed by atoms with Gasteiger partial charge in [0.2, 0.25) is 23.6 Å². The van der Waals surface area contributed by atoms with Crippen molar-refractivity contribution >= 4 is 40.0 Å². The molecule has 31 atom stereocenters. The predicted molar refractivity (Wildman–Crippen MR) is 275 cm³/mol. The van der Waals surface area contributed by atoms with Crippen LogP contribution in [0.15, 0.2) is 0 Å². The van der Waals surface area contributed by atoms with E-state index in [1.807, 2.05) is 0 Å². The lowest BCUT2D eigenvalue weighted by molar-refractivity contribution is -0.396. The van der Waals surface area contributed by atoms with Crippen LogP contribution in [0.2, 0.25) is 0 Å². The second-order valence-electron chi connectivity index (χ2n) is 21.9. The highest BCUT2D eigenvalue weighted by Gasteiger charge is 2.62. The van der Waals surface area contributed by atoms with Gasteiger partial charge in [-0.25, -0.2) is 8.98 Å². The molecule has 0 radical (unpaired) electrons. The summed E-state index contributed by atoms with van der Waals surface area (Å²) in [5.41, 5.74) is 0. The van der Waals surface area contributed by atoms with E-state index in [9.17, 15) is 114 Å². The maximum absolute atomic E-state index is 13.3. The largest absolute Gasteiger partial charge is 0.477 e. The van der Waals surface area contributed by atoms with E-state index in [1.165, 1.54) is 13.8 Å². The zero-order chi connectivity index (χ0) is 65.8. The SMILES string of the molecule is CC[C@@H](O)[C@@H](O)[C@@H]1O[C@@](O[C@H]2[C@@H](O)[C@@H](CO)O[C@@H](O[C@H]3[C@H](O[C@@H]4O[C@@H](C)[C@@H](O)[C@@H](O)[C@@H]4O)[C@@H](NC(C)=O)[C@H](O[C@H]4[C@H](O)[C@@H](NC(C)=O)[C@H](O[C@H]5[C@H](O)[C@@H](NC(C)=O)C(O)O[C@@H]5COS(=O)(=O)O)O[C@@H]4CO)O[C@@H]3CO)[C@@H]2O)(C(=O)O)C[C@H](O)[C@H]1NC(C)=O. The molecule has 6 heterocycles. The molecular formula is C48H80N4O35S. The summed E-state index contributed by atoms with van der Waals surface area (Å²) in [6.07, 6.45) is -54.3. The van der Waals surface area contributed by atoms with Crippen molar-refractivity contribution in [2.75, 3.05) is 26.4 Å². The number of amides is 4. The second kappa shape index (κ2) is 30.8.